The van der Waals surface area contributed by atoms with Crippen LogP contribution in [0.5, 0.6) is 0 Å². The second-order valence-corrected chi connectivity index (χ2v) is 18.7. The highest BCUT2D eigenvalue weighted by molar-refractivity contribution is 6.21. The monoisotopic (exact) mass is 869 g/mol. The molecule has 0 fully saturated rings. The fourth-order valence-corrected chi connectivity index (χ4v) is 11.6. The van der Waals surface area contributed by atoms with E-state index in [1.54, 1.807) is 0 Å². The molecule has 0 saturated heterocycles. The van der Waals surface area contributed by atoms with Gasteiger partial charge in [0.2, 0.25) is 0 Å². The summed E-state index contributed by atoms with van der Waals surface area (Å²) in [5.74, 6) is 0. The van der Waals surface area contributed by atoms with Crippen molar-refractivity contribution in [3.05, 3.63) is 236 Å². The first-order valence-corrected chi connectivity index (χ1v) is 23.5. The van der Waals surface area contributed by atoms with Gasteiger partial charge in [0.05, 0.1) is 5.69 Å². The summed E-state index contributed by atoms with van der Waals surface area (Å²) < 4.78 is 13.3. The van der Waals surface area contributed by atoms with Crippen LogP contribution in [0.25, 0.3) is 110 Å². The number of fused-ring (bicyclic) bond motifs is 13. The zero-order chi connectivity index (χ0) is 45.1. The van der Waals surface area contributed by atoms with Crippen molar-refractivity contribution in [2.75, 3.05) is 4.90 Å². The first kappa shape index (κ1) is 38.6. The van der Waals surface area contributed by atoms with Crippen molar-refractivity contribution in [3.63, 3.8) is 0 Å². The molecule has 0 N–H and O–H groups in total. The number of para-hydroxylation sites is 1. The minimum atomic E-state index is -0.126. The maximum absolute atomic E-state index is 6.73. The van der Waals surface area contributed by atoms with Gasteiger partial charge in [0.15, 0.2) is 0 Å². The van der Waals surface area contributed by atoms with Crippen molar-refractivity contribution in [2.24, 2.45) is 0 Å². The summed E-state index contributed by atoms with van der Waals surface area (Å²) in [6, 6.07) is 81.3. The maximum Gasteiger partial charge on any atom is 0.143 e. The summed E-state index contributed by atoms with van der Waals surface area (Å²) >= 11 is 0. The molecule has 68 heavy (non-hydrogen) atoms. The van der Waals surface area contributed by atoms with E-state index in [1.165, 1.54) is 44.2 Å². The minimum Gasteiger partial charge on any atom is -0.455 e. The van der Waals surface area contributed by atoms with E-state index in [-0.39, 0.29) is 5.41 Å². The van der Waals surface area contributed by atoms with Gasteiger partial charge in [-0.15, -0.1) is 0 Å². The van der Waals surface area contributed by atoms with Crippen molar-refractivity contribution in [3.8, 4) is 44.5 Å². The van der Waals surface area contributed by atoms with E-state index in [9.17, 15) is 0 Å². The molecule has 0 saturated carbocycles. The predicted octanol–water partition coefficient (Wildman–Crippen LogP) is 18.6. The predicted molar refractivity (Wildman–Crippen MR) is 285 cm³/mol. The van der Waals surface area contributed by atoms with Gasteiger partial charge in [0.25, 0.3) is 0 Å². The molecule has 11 aromatic carbocycles. The number of hydrogen-bond donors (Lipinski definition) is 0. The molecule has 1 aliphatic rings. The Morgan fingerprint density at radius 2 is 0.809 bits per heavy atom. The Bertz CT molecular complexity index is 4170. The number of furan rings is 2. The Labute approximate surface area is 393 Å². The number of nitrogens with zero attached hydrogens (tertiary/aromatic N) is 1. The summed E-state index contributed by atoms with van der Waals surface area (Å²) in [5, 5.41) is 9.06. The largest absolute Gasteiger partial charge is 0.455 e. The van der Waals surface area contributed by atoms with Crippen LogP contribution in [0.4, 0.5) is 17.1 Å². The standard InChI is InChI=1S/C65H43NO2/c1-65(2)56-24-9-7-18-50(56)53-23-11-21-47(62(53)65)43-30-36-45(37-31-43)66(44-34-28-42(29-35-44)46-20-12-26-58-60(46)54-38-32-40-14-3-5-16-48(40)63(54)67-58)57-25-10-8-19-51(57)52-22-13-27-59-61(52)55-39-33-41-15-4-6-17-49(41)64(55)68-59/h3-39H,1-2H3. The van der Waals surface area contributed by atoms with E-state index in [0.717, 1.165) is 94.0 Å². The van der Waals surface area contributed by atoms with Crippen molar-refractivity contribution in [1.82, 2.24) is 0 Å². The van der Waals surface area contributed by atoms with Gasteiger partial charge in [-0.25, -0.2) is 0 Å². The Kier molecular flexibility index (Phi) is 8.33. The van der Waals surface area contributed by atoms with Crippen LogP contribution in [0.2, 0.25) is 0 Å². The molecular weight excluding hydrogens is 827 g/mol. The molecule has 2 aromatic heterocycles. The first-order valence-electron chi connectivity index (χ1n) is 23.5. The molecule has 0 aliphatic heterocycles. The lowest BCUT2D eigenvalue weighted by Crippen LogP contribution is -2.16. The molecule has 0 atom stereocenters. The highest BCUT2D eigenvalue weighted by Gasteiger charge is 2.37. The lowest BCUT2D eigenvalue weighted by Gasteiger charge is -2.29. The molecule has 14 rings (SSSR count). The summed E-state index contributed by atoms with van der Waals surface area (Å²) in [6.07, 6.45) is 0. The highest BCUT2D eigenvalue weighted by Crippen LogP contribution is 2.53. The molecule has 0 amide bonds. The molecule has 3 heteroatoms. The highest BCUT2D eigenvalue weighted by atomic mass is 16.3. The molecule has 1 aliphatic carbocycles. The SMILES string of the molecule is CC1(C)c2ccccc2-c2cccc(-c3ccc(N(c4ccc(-c5cccc6oc7c8ccccc8ccc7c56)cc4)c4ccccc4-c4cccc5oc6c7ccccc7ccc6c45)cc3)c21. The van der Waals surface area contributed by atoms with Gasteiger partial charge in [-0.05, 0) is 115 Å². The van der Waals surface area contributed by atoms with E-state index in [4.69, 9.17) is 8.83 Å². The van der Waals surface area contributed by atoms with Crippen LogP contribution in [0, 0.1) is 0 Å². The van der Waals surface area contributed by atoms with Crippen LogP contribution in [0.3, 0.4) is 0 Å². The minimum absolute atomic E-state index is 0.126. The molecule has 3 nitrogen and oxygen atoms in total. The molecule has 0 unspecified atom stereocenters. The molecule has 0 spiro atoms. The maximum atomic E-state index is 6.73. The van der Waals surface area contributed by atoms with Gasteiger partial charge >= 0.3 is 0 Å². The average molecular weight is 870 g/mol. The third kappa shape index (κ3) is 5.66. The van der Waals surface area contributed by atoms with Crippen LogP contribution in [0.15, 0.2) is 233 Å². The topological polar surface area (TPSA) is 29.5 Å². The van der Waals surface area contributed by atoms with E-state index in [1.807, 2.05) is 0 Å². The Balaban J connectivity index is 0.939. The molecule has 0 bridgehead atoms. The quantitative estimate of drug-likeness (QED) is 0.167. The van der Waals surface area contributed by atoms with E-state index < -0.39 is 0 Å². The third-order valence-corrected chi connectivity index (χ3v) is 14.7. The van der Waals surface area contributed by atoms with Gasteiger partial charge < -0.3 is 13.7 Å². The average Bonchev–Trinajstić information content (AvgIpc) is 4.05. The summed E-state index contributed by atoms with van der Waals surface area (Å²) in [6.45, 7) is 4.73. The molecule has 2 heterocycles. The van der Waals surface area contributed by atoms with Gasteiger partial charge in [-0.3, -0.25) is 0 Å². The number of hydrogen-bond acceptors (Lipinski definition) is 3. The van der Waals surface area contributed by atoms with Crippen LogP contribution in [-0.2, 0) is 5.41 Å². The van der Waals surface area contributed by atoms with E-state index in [0.29, 0.717) is 0 Å². The third-order valence-electron chi connectivity index (χ3n) is 14.7. The molecular formula is C65H43NO2. The normalized spacial score (nSPS) is 13.0. The zero-order valence-electron chi connectivity index (χ0n) is 37.6. The smallest absolute Gasteiger partial charge is 0.143 e. The van der Waals surface area contributed by atoms with Gasteiger partial charge in [0, 0.05) is 54.7 Å². The van der Waals surface area contributed by atoms with Crippen molar-refractivity contribution >= 4 is 82.5 Å². The summed E-state index contributed by atoms with van der Waals surface area (Å²) in [7, 11) is 0. The second kappa shape index (κ2) is 14.7. The molecule has 320 valence electrons. The zero-order valence-corrected chi connectivity index (χ0v) is 37.6. The van der Waals surface area contributed by atoms with E-state index in [2.05, 4.69) is 243 Å². The van der Waals surface area contributed by atoms with Gasteiger partial charge in [-0.1, -0.05) is 184 Å². The van der Waals surface area contributed by atoms with E-state index >= 15 is 0 Å². The van der Waals surface area contributed by atoms with Crippen LogP contribution < -0.4 is 4.90 Å². The van der Waals surface area contributed by atoms with Crippen molar-refractivity contribution in [2.45, 2.75) is 19.3 Å². The van der Waals surface area contributed by atoms with Crippen LogP contribution >= 0.6 is 0 Å². The first-order chi connectivity index (χ1) is 33.5. The lowest BCUT2D eigenvalue weighted by molar-refractivity contribution is 0.662. The summed E-state index contributed by atoms with van der Waals surface area (Å²) in [5.41, 5.74) is 19.1. The van der Waals surface area contributed by atoms with Crippen LogP contribution in [0.1, 0.15) is 25.0 Å². The fraction of sp³-hybridized carbons (Fsp3) is 0.0462. The Hall–Kier alpha value is -8.66. The summed E-state index contributed by atoms with van der Waals surface area (Å²) in [4.78, 5) is 2.41. The fourth-order valence-electron chi connectivity index (χ4n) is 11.6. The Morgan fingerprint density at radius 3 is 1.46 bits per heavy atom. The van der Waals surface area contributed by atoms with Gasteiger partial charge in [0.1, 0.15) is 22.3 Å². The van der Waals surface area contributed by atoms with Crippen LogP contribution in [-0.4, -0.2) is 0 Å². The lowest BCUT2D eigenvalue weighted by atomic mass is 9.79. The second-order valence-electron chi connectivity index (χ2n) is 18.7. The van der Waals surface area contributed by atoms with Crippen molar-refractivity contribution in [1.29, 1.82) is 0 Å². The number of benzene rings is 11. The number of anilines is 3. The van der Waals surface area contributed by atoms with Crippen molar-refractivity contribution < 1.29 is 8.83 Å². The Morgan fingerprint density at radius 1 is 0.338 bits per heavy atom. The molecule has 13 aromatic rings. The number of rotatable bonds is 6. The molecule has 0 radical (unpaired) electrons. The van der Waals surface area contributed by atoms with Gasteiger partial charge in [-0.2, -0.15) is 0 Å².